The molecule has 2 N–H and O–H groups in total. The summed E-state index contributed by atoms with van der Waals surface area (Å²) in [5, 5.41) is 0. The van der Waals surface area contributed by atoms with Crippen LogP contribution in [-0.2, 0) is 6.42 Å². The van der Waals surface area contributed by atoms with Crippen molar-refractivity contribution in [3.8, 4) is 0 Å². The van der Waals surface area contributed by atoms with Crippen LogP contribution in [0.3, 0.4) is 0 Å². The summed E-state index contributed by atoms with van der Waals surface area (Å²) in [5.74, 6) is 1.28. The lowest BCUT2D eigenvalue weighted by Gasteiger charge is -2.11. The van der Waals surface area contributed by atoms with Crippen molar-refractivity contribution < 1.29 is 4.42 Å². The van der Waals surface area contributed by atoms with Crippen molar-refractivity contribution in [3.63, 3.8) is 0 Å². The first kappa shape index (κ1) is 12.7. The van der Waals surface area contributed by atoms with Gasteiger partial charge in [0.25, 0.3) is 0 Å². The molecule has 0 saturated heterocycles. The Morgan fingerprint density at radius 3 is 2.42 bits per heavy atom. The average molecular weight is 258 g/mol. The lowest BCUT2D eigenvalue weighted by Crippen LogP contribution is -2.28. The van der Waals surface area contributed by atoms with Crippen molar-refractivity contribution in [1.82, 2.24) is 4.98 Å². The maximum absolute atomic E-state index is 6.38. The molecule has 1 unspecified atom stereocenters. The predicted molar refractivity (Wildman–Crippen MR) is 76.7 cm³/mol. The minimum atomic E-state index is 0.109. The molecular formula is C16H22N2O. The van der Waals surface area contributed by atoms with Crippen molar-refractivity contribution in [2.45, 2.75) is 40.2 Å². The highest BCUT2D eigenvalue weighted by Gasteiger charge is 2.66. The molecule has 0 radical (unpaired) electrons. The number of aromatic nitrogens is 1. The third-order valence-electron chi connectivity index (χ3n) is 5.31. The van der Waals surface area contributed by atoms with E-state index in [0.29, 0.717) is 23.2 Å². The second kappa shape index (κ2) is 3.83. The third kappa shape index (κ3) is 1.79. The molecule has 0 aliphatic heterocycles. The summed E-state index contributed by atoms with van der Waals surface area (Å²) in [6.07, 6.45) is 0.714. The van der Waals surface area contributed by atoms with Gasteiger partial charge < -0.3 is 10.2 Å². The highest BCUT2D eigenvalue weighted by Crippen LogP contribution is 2.69. The van der Waals surface area contributed by atoms with Crippen LogP contribution >= 0.6 is 0 Å². The fourth-order valence-corrected chi connectivity index (χ4v) is 3.64. The maximum Gasteiger partial charge on any atom is 0.197 e. The number of hydrogen-bond acceptors (Lipinski definition) is 3. The Hall–Kier alpha value is -1.35. The summed E-state index contributed by atoms with van der Waals surface area (Å²) in [7, 11) is 0. The molecule has 0 amide bonds. The van der Waals surface area contributed by atoms with Gasteiger partial charge in [0.1, 0.15) is 5.52 Å². The third-order valence-corrected chi connectivity index (χ3v) is 5.31. The summed E-state index contributed by atoms with van der Waals surface area (Å²) < 4.78 is 5.76. The van der Waals surface area contributed by atoms with E-state index in [9.17, 15) is 0 Å². The Bertz CT molecular complexity index is 565. The minimum Gasteiger partial charge on any atom is -0.441 e. The van der Waals surface area contributed by atoms with Crippen LogP contribution in [0.4, 0.5) is 0 Å². The number of nitrogens with two attached hydrogens (primary N) is 1. The zero-order valence-corrected chi connectivity index (χ0v) is 12.1. The molecule has 1 aromatic heterocycles. The van der Waals surface area contributed by atoms with Gasteiger partial charge in [-0.3, -0.25) is 0 Å². The maximum atomic E-state index is 6.38. The molecule has 1 heterocycles. The fraction of sp³-hybridized carbons (Fsp3) is 0.562. The molecule has 0 bridgehead atoms. The Labute approximate surface area is 114 Å². The number of para-hydroxylation sites is 2. The Balaban J connectivity index is 1.79. The fourth-order valence-electron chi connectivity index (χ4n) is 3.64. The highest BCUT2D eigenvalue weighted by molar-refractivity contribution is 5.72. The van der Waals surface area contributed by atoms with Gasteiger partial charge in [0, 0.05) is 12.5 Å². The van der Waals surface area contributed by atoms with Crippen LogP contribution in [0, 0.1) is 16.7 Å². The first-order chi connectivity index (χ1) is 8.84. The zero-order valence-electron chi connectivity index (χ0n) is 12.1. The molecule has 1 saturated carbocycles. The molecular weight excluding hydrogens is 236 g/mol. The number of nitrogens with zero attached hydrogens (tertiary/aromatic N) is 1. The van der Waals surface area contributed by atoms with E-state index in [1.807, 2.05) is 24.3 Å². The number of fused-ring (bicyclic) bond motifs is 1. The first-order valence-corrected chi connectivity index (χ1v) is 6.94. The molecule has 2 aromatic rings. The minimum absolute atomic E-state index is 0.109. The van der Waals surface area contributed by atoms with Gasteiger partial charge in [-0.25, -0.2) is 4.98 Å². The number of hydrogen-bond donors (Lipinski definition) is 1. The molecule has 1 atom stereocenters. The Morgan fingerprint density at radius 1 is 1.21 bits per heavy atom. The van der Waals surface area contributed by atoms with Gasteiger partial charge >= 0.3 is 0 Å². The van der Waals surface area contributed by atoms with Crippen LogP contribution in [0.15, 0.2) is 28.7 Å². The summed E-state index contributed by atoms with van der Waals surface area (Å²) in [6, 6.07) is 7.96. The van der Waals surface area contributed by atoms with E-state index in [1.54, 1.807) is 0 Å². The van der Waals surface area contributed by atoms with Crippen LogP contribution in [0.2, 0.25) is 0 Å². The molecule has 1 aromatic carbocycles. The second-order valence-electron chi connectivity index (χ2n) is 6.86. The van der Waals surface area contributed by atoms with Gasteiger partial charge in [0.15, 0.2) is 11.5 Å². The smallest absolute Gasteiger partial charge is 0.197 e. The number of oxazole rings is 1. The predicted octanol–water partition coefficient (Wildman–Crippen LogP) is 3.38. The number of rotatable bonds is 3. The van der Waals surface area contributed by atoms with Crippen molar-refractivity contribution in [2.24, 2.45) is 22.5 Å². The summed E-state index contributed by atoms with van der Waals surface area (Å²) in [5.41, 5.74) is 8.75. The van der Waals surface area contributed by atoms with E-state index in [0.717, 1.165) is 17.0 Å². The molecule has 1 aliphatic carbocycles. The molecule has 0 spiro atoms. The van der Waals surface area contributed by atoms with E-state index >= 15 is 0 Å². The summed E-state index contributed by atoms with van der Waals surface area (Å²) >= 11 is 0. The van der Waals surface area contributed by atoms with Gasteiger partial charge in [-0.1, -0.05) is 39.8 Å². The Kier molecular flexibility index (Phi) is 2.55. The molecule has 1 aliphatic rings. The topological polar surface area (TPSA) is 52.0 Å². The second-order valence-corrected chi connectivity index (χ2v) is 6.86. The van der Waals surface area contributed by atoms with Crippen molar-refractivity contribution >= 4 is 11.1 Å². The highest BCUT2D eigenvalue weighted by atomic mass is 16.3. The lowest BCUT2D eigenvalue weighted by atomic mass is 10.0. The van der Waals surface area contributed by atoms with Gasteiger partial charge in [0.05, 0.1) is 0 Å². The van der Waals surface area contributed by atoms with Crippen molar-refractivity contribution in [2.75, 3.05) is 0 Å². The van der Waals surface area contributed by atoms with E-state index in [1.165, 1.54) is 0 Å². The van der Waals surface area contributed by atoms with Crippen molar-refractivity contribution in [3.05, 3.63) is 30.2 Å². The lowest BCUT2D eigenvalue weighted by molar-refractivity contribution is 0.430. The van der Waals surface area contributed by atoms with E-state index < -0.39 is 0 Å². The summed E-state index contributed by atoms with van der Waals surface area (Å²) in [4.78, 5) is 4.51. The largest absolute Gasteiger partial charge is 0.441 e. The van der Waals surface area contributed by atoms with Gasteiger partial charge in [-0.15, -0.1) is 0 Å². The van der Waals surface area contributed by atoms with Gasteiger partial charge in [-0.05, 0) is 28.9 Å². The molecule has 1 fully saturated rings. The standard InChI is InChI=1S/C16H22N2O/c1-15(2)14(16(15,3)4)10(17)9-13-18-11-7-5-6-8-12(11)19-13/h5-8,10,14H,9,17H2,1-4H3. The normalized spacial score (nSPS) is 22.6. The average Bonchev–Trinajstić information content (AvgIpc) is 2.61. The van der Waals surface area contributed by atoms with Crippen LogP contribution in [0.5, 0.6) is 0 Å². The molecule has 102 valence electrons. The van der Waals surface area contributed by atoms with E-state index in [4.69, 9.17) is 10.2 Å². The summed E-state index contributed by atoms with van der Waals surface area (Å²) in [6.45, 7) is 9.18. The monoisotopic (exact) mass is 258 g/mol. The van der Waals surface area contributed by atoms with Gasteiger partial charge in [0.2, 0.25) is 0 Å². The molecule has 3 rings (SSSR count). The van der Waals surface area contributed by atoms with Gasteiger partial charge in [-0.2, -0.15) is 0 Å². The van der Waals surface area contributed by atoms with E-state index in [2.05, 4.69) is 32.7 Å². The van der Waals surface area contributed by atoms with Crippen LogP contribution in [0.1, 0.15) is 33.6 Å². The quantitative estimate of drug-likeness (QED) is 0.918. The van der Waals surface area contributed by atoms with E-state index in [-0.39, 0.29) is 6.04 Å². The Morgan fingerprint density at radius 2 is 1.84 bits per heavy atom. The first-order valence-electron chi connectivity index (χ1n) is 6.94. The van der Waals surface area contributed by atoms with Crippen LogP contribution in [0.25, 0.3) is 11.1 Å². The van der Waals surface area contributed by atoms with Crippen LogP contribution in [-0.4, -0.2) is 11.0 Å². The van der Waals surface area contributed by atoms with Crippen molar-refractivity contribution in [1.29, 1.82) is 0 Å². The SMILES string of the molecule is CC1(C)C(C(N)Cc2nc3ccccc3o2)C1(C)C. The molecule has 19 heavy (non-hydrogen) atoms. The zero-order chi connectivity index (χ0) is 13.8. The molecule has 3 nitrogen and oxygen atoms in total. The number of benzene rings is 1. The van der Waals surface area contributed by atoms with Crippen LogP contribution < -0.4 is 5.73 Å². The molecule has 3 heteroatoms.